The molecule has 1 unspecified atom stereocenters. The number of hydrogen-bond acceptors (Lipinski definition) is 4. The van der Waals surface area contributed by atoms with E-state index in [0.29, 0.717) is 6.42 Å². The Balaban J connectivity index is 1.99. The molecule has 0 amide bonds. The number of carbonyl (C=O) groups excluding carboxylic acids is 2. The zero-order valence-corrected chi connectivity index (χ0v) is 19.0. The van der Waals surface area contributed by atoms with Gasteiger partial charge in [-0.3, -0.25) is 0 Å². The molecule has 3 rings (SSSR count). The predicted octanol–water partition coefficient (Wildman–Crippen LogP) is 3.63. The van der Waals surface area contributed by atoms with Crippen molar-refractivity contribution in [3.8, 4) is 0 Å². The summed E-state index contributed by atoms with van der Waals surface area (Å²) in [6.07, 6.45) is 2.13. The molecule has 1 aliphatic carbocycles. The standard InChI is InChI=1S/C22H21BrO4Se/c1-26-20(24)22(21(25)27-2)12-16(14-28-18-9-4-3-5-10-18)19(13-22)15-7-6-8-17(23)11-15/h3-11,13,16H,12,14H2,1-2H3. The fourth-order valence-electron chi connectivity index (χ4n) is 3.52. The van der Waals surface area contributed by atoms with E-state index in [1.54, 1.807) is 6.08 Å². The quantitative estimate of drug-likeness (QED) is 0.340. The van der Waals surface area contributed by atoms with Crippen molar-refractivity contribution in [2.24, 2.45) is 11.3 Å². The molecule has 146 valence electrons. The second-order valence-corrected chi connectivity index (χ2v) is 9.80. The van der Waals surface area contributed by atoms with E-state index in [4.69, 9.17) is 9.47 Å². The number of ether oxygens (including phenoxy) is 2. The monoisotopic (exact) mass is 508 g/mol. The molecule has 0 bridgehead atoms. The van der Waals surface area contributed by atoms with E-state index < -0.39 is 17.4 Å². The number of halogens is 1. The number of benzene rings is 2. The minimum atomic E-state index is -1.39. The molecule has 0 N–H and O–H groups in total. The summed E-state index contributed by atoms with van der Waals surface area (Å²) in [4.78, 5) is 25.3. The normalized spacial score (nSPS) is 17.7. The molecule has 1 aliphatic rings. The first kappa shape index (κ1) is 20.8. The van der Waals surface area contributed by atoms with Gasteiger partial charge < -0.3 is 0 Å². The summed E-state index contributed by atoms with van der Waals surface area (Å²) in [5.41, 5.74) is 0.603. The van der Waals surface area contributed by atoms with Crippen LogP contribution in [0.3, 0.4) is 0 Å². The average molecular weight is 508 g/mol. The van der Waals surface area contributed by atoms with E-state index in [-0.39, 0.29) is 20.9 Å². The van der Waals surface area contributed by atoms with Crippen LogP contribution in [0.4, 0.5) is 0 Å². The van der Waals surface area contributed by atoms with Crippen molar-refractivity contribution >= 4 is 52.9 Å². The van der Waals surface area contributed by atoms with Crippen molar-refractivity contribution in [1.82, 2.24) is 0 Å². The van der Waals surface area contributed by atoms with Crippen LogP contribution in [0.2, 0.25) is 5.32 Å². The second kappa shape index (κ2) is 9.08. The molecule has 0 saturated carbocycles. The third-order valence-electron chi connectivity index (χ3n) is 4.86. The SMILES string of the molecule is COC(=O)C1(C(=O)OC)C=C(c2cccc(Br)c2)C(C[Se]c2ccccc2)C1. The van der Waals surface area contributed by atoms with Crippen LogP contribution in [0, 0.1) is 11.3 Å². The predicted molar refractivity (Wildman–Crippen MR) is 113 cm³/mol. The first-order chi connectivity index (χ1) is 13.5. The van der Waals surface area contributed by atoms with Crippen molar-refractivity contribution in [3.63, 3.8) is 0 Å². The van der Waals surface area contributed by atoms with Gasteiger partial charge in [0.2, 0.25) is 0 Å². The second-order valence-electron chi connectivity index (χ2n) is 6.59. The number of carbonyl (C=O) groups is 2. The van der Waals surface area contributed by atoms with Crippen LogP contribution in [-0.2, 0) is 19.1 Å². The zero-order valence-electron chi connectivity index (χ0n) is 15.7. The van der Waals surface area contributed by atoms with Crippen LogP contribution >= 0.6 is 15.9 Å². The molecular formula is C22H21BrO4Se. The Labute approximate surface area is 179 Å². The van der Waals surface area contributed by atoms with E-state index in [1.807, 2.05) is 42.5 Å². The Kier molecular flexibility index (Phi) is 6.76. The maximum absolute atomic E-state index is 12.6. The molecule has 6 heteroatoms. The van der Waals surface area contributed by atoms with E-state index >= 15 is 0 Å². The third kappa shape index (κ3) is 4.24. The van der Waals surface area contributed by atoms with Gasteiger partial charge in [0.1, 0.15) is 0 Å². The third-order valence-corrected chi connectivity index (χ3v) is 7.82. The molecule has 0 aliphatic heterocycles. The molecule has 0 radical (unpaired) electrons. The van der Waals surface area contributed by atoms with Crippen LogP contribution in [0.1, 0.15) is 12.0 Å². The summed E-state index contributed by atoms with van der Waals surface area (Å²) in [7, 11) is 2.61. The topological polar surface area (TPSA) is 52.6 Å². The van der Waals surface area contributed by atoms with Crippen LogP contribution < -0.4 is 4.46 Å². The van der Waals surface area contributed by atoms with Gasteiger partial charge in [0.05, 0.1) is 0 Å². The van der Waals surface area contributed by atoms with Crippen LogP contribution in [0.15, 0.2) is 65.1 Å². The van der Waals surface area contributed by atoms with Crippen molar-refractivity contribution in [2.45, 2.75) is 11.7 Å². The van der Waals surface area contributed by atoms with Gasteiger partial charge in [0, 0.05) is 0 Å². The van der Waals surface area contributed by atoms with Crippen molar-refractivity contribution in [1.29, 1.82) is 0 Å². The van der Waals surface area contributed by atoms with Gasteiger partial charge in [-0.15, -0.1) is 0 Å². The summed E-state index contributed by atoms with van der Waals surface area (Å²) in [5, 5.41) is 0.880. The van der Waals surface area contributed by atoms with E-state index in [0.717, 1.165) is 20.9 Å². The van der Waals surface area contributed by atoms with Crippen molar-refractivity contribution in [3.05, 3.63) is 70.7 Å². The fourth-order valence-corrected chi connectivity index (χ4v) is 6.10. The molecule has 2 aromatic carbocycles. The summed E-state index contributed by atoms with van der Waals surface area (Å²) in [6.45, 7) is 0. The molecule has 0 fully saturated rings. The number of rotatable bonds is 6. The molecule has 1 atom stereocenters. The Bertz CT molecular complexity index is 878. The van der Waals surface area contributed by atoms with Gasteiger partial charge in [0.15, 0.2) is 0 Å². The first-order valence-corrected chi connectivity index (χ1v) is 11.7. The molecule has 28 heavy (non-hydrogen) atoms. The number of hydrogen-bond donors (Lipinski definition) is 0. The van der Waals surface area contributed by atoms with Gasteiger partial charge >= 0.3 is 180 Å². The van der Waals surface area contributed by atoms with E-state index in [2.05, 4.69) is 28.1 Å². The zero-order chi connectivity index (χ0) is 20.1. The van der Waals surface area contributed by atoms with Crippen molar-refractivity contribution < 1.29 is 19.1 Å². The fraction of sp³-hybridized carbons (Fsp3) is 0.273. The van der Waals surface area contributed by atoms with Crippen LogP contribution in [0.25, 0.3) is 5.57 Å². The molecule has 4 nitrogen and oxygen atoms in total. The Morgan fingerprint density at radius 2 is 1.75 bits per heavy atom. The first-order valence-electron chi connectivity index (χ1n) is 8.83. The summed E-state index contributed by atoms with van der Waals surface area (Å²) < 4.78 is 12.2. The Morgan fingerprint density at radius 3 is 2.36 bits per heavy atom. The summed E-state index contributed by atoms with van der Waals surface area (Å²) in [5.74, 6) is -1.07. The van der Waals surface area contributed by atoms with Gasteiger partial charge in [0.25, 0.3) is 0 Å². The molecule has 0 spiro atoms. The van der Waals surface area contributed by atoms with Crippen LogP contribution in [-0.4, -0.2) is 41.1 Å². The van der Waals surface area contributed by atoms with Gasteiger partial charge in [-0.25, -0.2) is 0 Å². The van der Waals surface area contributed by atoms with Crippen LogP contribution in [0.5, 0.6) is 0 Å². The van der Waals surface area contributed by atoms with Gasteiger partial charge in [-0.05, 0) is 0 Å². The van der Waals surface area contributed by atoms with Gasteiger partial charge in [-0.2, -0.15) is 0 Å². The maximum atomic E-state index is 12.6. The van der Waals surface area contributed by atoms with E-state index in [1.165, 1.54) is 18.7 Å². The summed E-state index contributed by atoms with van der Waals surface area (Å²) in [6, 6.07) is 18.2. The number of esters is 2. The number of allylic oxidation sites excluding steroid dienone is 1. The molecule has 0 heterocycles. The molecular weight excluding hydrogens is 487 g/mol. The van der Waals surface area contributed by atoms with Crippen molar-refractivity contribution in [2.75, 3.05) is 14.2 Å². The Morgan fingerprint density at radius 1 is 1.07 bits per heavy atom. The Hall–Kier alpha value is -1.88. The summed E-state index contributed by atoms with van der Waals surface area (Å²) >= 11 is 3.73. The molecule has 2 aromatic rings. The molecule has 0 saturated heterocycles. The van der Waals surface area contributed by atoms with E-state index in [9.17, 15) is 9.59 Å². The number of methoxy groups -OCH3 is 2. The average Bonchev–Trinajstić information content (AvgIpc) is 3.13. The van der Waals surface area contributed by atoms with Gasteiger partial charge in [-0.1, -0.05) is 0 Å². The molecule has 0 aromatic heterocycles. The minimum absolute atomic E-state index is 0.0627.